The summed E-state index contributed by atoms with van der Waals surface area (Å²) in [6, 6.07) is 33.0. The highest BCUT2D eigenvalue weighted by Crippen LogP contribution is 2.41. The Kier molecular flexibility index (Phi) is 12.0. The van der Waals surface area contributed by atoms with Crippen LogP contribution in [0.5, 0.6) is 0 Å². The van der Waals surface area contributed by atoms with Crippen LogP contribution in [0.15, 0.2) is 120 Å². The standard InChI is InChI=1S/C42H39N3O5S2/c1-3-50-42(49)36-33-22-10-11-23-35(33)52-41(36)45-40(48)37(29-16-6-4-7-17-29)51-32-21-13-20-31(26-32)43-39(47)34(25-28-15-12-14-27(2)24-28)44-38(46)30-18-8-5-9-19-30/h4-9,12-21,24-26,37H,3,10-11,22-23H2,1-2H3,(H,43,47)(H,44,46)(H,45,48)/b34-25+. The number of hydrogen-bond acceptors (Lipinski definition) is 7. The number of amides is 3. The summed E-state index contributed by atoms with van der Waals surface area (Å²) in [5.74, 6) is -1.60. The summed E-state index contributed by atoms with van der Waals surface area (Å²) in [5, 5.41) is 8.64. The molecule has 52 heavy (non-hydrogen) atoms. The smallest absolute Gasteiger partial charge is 0.341 e. The number of benzene rings is 4. The molecule has 1 atom stereocenters. The van der Waals surface area contributed by atoms with Crippen LogP contribution < -0.4 is 16.0 Å². The van der Waals surface area contributed by atoms with Crippen molar-refractivity contribution < 1.29 is 23.9 Å². The maximum Gasteiger partial charge on any atom is 0.341 e. The van der Waals surface area contributed by atoms with Crippen LogP contribution in [-0.2, 0) is 27.2 Å². The Bertz CT molecular complexity index is 2110. The van der Waals surface area contributed by atoms with Crippen LogP contribution in [0.1, 0.15) is 72.9 Å². The van der Waals surface area contributed by atoms with Gasteiger partial charge in [0.15, 0.2) is 0 Å². The minimum absolute atomic E-state index is 0.0788. The van der Waals surface area contributed by atoms with Gasteiger partial charge < -0.3 is 20.7 Å². The lowest BCUT2D eigenvalue weighted by molar-refractivity contribution is -0.116. The summed E-state index contributed by atoms with van der Waals surface area (Å²) in [5.41, 5.74) is 4.99. The summed E-state index contributed by atoms with van der Waals surface area (Å²) < 4.78 is 5.41. The zero-order valence-electron chi connectivity index (χ0n) is 28.9. The van der Waals surface area contributed by atoms with Crippen molar-refractivity contribution in [2.75, 3.05) is 17.2 Å². The van der Waals surface area contributed by atoms with E-state index in [1.165, 1.54) is 23.1 Å². The minimum atomic E-state index is -0.678. The van der Waals surface area contributed by atoms with Crippen LogP contribution in [0.4, 0.5) is 10.7 Å². The molecule has 264 valence electrons. The van der Waals surface area contributed by atoms with Crippen LogP contribution in [-0.4, -0.2) is 30.3 Å². The van der Waals surface area contributed by atoms with E-state index in [1.54, 1.807) is 55.5 Å². The lowest BCUT2D eigenvalue weighted by Crippen LogP contribution is -2.30. The highest BCUT2D eigenvalue weighted by molar-refractivity contribution is 8.00. The monoisotopic (exact) mass is 729 g/mol. The molecule has 0 spiro atoms. The molecule has 1 aliphatic rings. The molecule has 6 rings (SSSR count). The second kappa shape index (κ2) is 17.2. The summed E-state index contributed by atoms with van der Waals surface area (Å²) in [7, 11) is 0. The lowest BCUT2D eigenvalue weighted by Gasteiger charge is -2.18. The van der Waals surface area contributed by atoms with Gasteiger partial charge in [0.1, 0.15) is 15.9 Å². The summed E-state index contributed by atoms with van der Waals surface area (Å²) in [6.45, 7) is 3.98. The molecule has 3 amide bonds. The molecule has 0 aliphatic heterocycles. The van der Waals surface area contributed by atoms with Gasteiger partial charge in [-0.15, -0.1) is 23.1 Å². The molecular formula is C42H39N3O5S2. The van der Waals surface area contributed by atoms with Crippen LogP contribution in [0.25, 0.3) is 6.08 Å². The predicted octanol–water partition coefficient (Wildman–Crippen LogP) is 8.99. The van der Waals surface area contributed by atoms with E-state index in [-0.39, 0.29) is 18.2 Å². The molecule has 1 aromatic heterocycles. The van der Waals surface area contributed by atoms with E-state index in [2.05, 4.69) is 16.0 Å². The van der Waals surface area contributed by atoms with E-state index in [9.17, 15) is 19.2 Å². The number of thioether (sulfide) groups is 1. The topological polar surface area (TPSA) is 114 Å². The number of esters is 1. The largest absolute Gasteiger partial charge is 0.462 e. The van der Waals surface area contributed by atoms with Crippen molar-refractivity contribution in [2.45, 2.75) is 49.7 Å². The van der Waals surface area contributed by atoms with Gasteiger partial charge in [-0.25, -0.2) is 4.79 Å². The van der Waals surface area contributed by atoms with E-state index >= 15 is 0 Å². The average molecular weight is 730 g/mol. The predicted molar refractivity (Wildman–Crippen MR) is 209 cm³/mol. The molecule has 0 bridgehead atoms. The summed E-state index contributed by atoms with van der Waals surface area (Å²) >= 11 is 2.79. The molecule has 3 N–H and O–H groups in total. The molecule has 0 radical (unpaired) electrons. The molecule has 10 heteroatoms. The lowest BCUT2D eigenvalue weighted by atomic mass is 9.95. The molecule has 1 aliphatic carbocycles. The first-order valence-electron chi connectivity index (χ1n) is 17.2. The Hall–Kier alpha value is -5.45. The number of fused-ring (bicyclic) bond motifs is 1. The Morgan fingerprint density at radius 1 is 0.846 bits per heavy atom. The fourth-order valence-electron chi connectivity index (χ4n) is 6.00. The number of aryl methyl sites for hydroxylation is 2. The number of carbonyl (C=O) groups excluding carboxylic acids is 4. The number of anilines is 2. The van der Waals surface area contributed by atoms with Gasteiger partial charge in [-0.1, -0.05) is 84.4 Å². The molecule has 0 saturated carbocycles. The van der Waals surface area contributed by atoms with Crippen molar-refractivity contribution in [2.24, 2.45) is 0 Å². The fourth-order valence-corrected chi connectivity index (χ4v) is 8.37. The highest BCUT2D eigenvalue weighted by Gasteiger charge is 2.30. The molecule has 0 fully saturated rings. The summed E-state index contributed by atoms with van der Waals surface area (Å²) in [6.07, 6.45) is 5.33. The van der Waals surface area contributed by atoms with Crippen molar-refractivity contribution in [3.05, 3.63) is 153 Å². The molecule has 8 nitrogen and oxygen atoms in total. The third-order valence-electron chi connectivity index (χ3n) is 8.46. The molecule has 5 aromatic rings. The number of hydrogen-bond donors (Lipinski definition) is 3. The van der Waals surface area contributed by atoms with Gasteiger partial charge in [0, 0.05) is 21.0 Å². The second-order valence-electron chi connectivity index (χ2n) is 12.3. The number of thiophene rings is 1. The van der Waals surface area contributed by atoms with Crippen LogP contribution >= 0.6 is 23.1 Å². The van der Waals surface area contributed by atoms with Gasteiger partial charge in [0.2, 0.25) is 5.91 Å². The highest BCUT2D eigenvalue weighted by atomic mass is 32.2. The maximum atomic E-state index is 14.1. The molecular weight excluding hydrogens is 691 g/mol. The molecule has 4 aromatic carbocycles. The molecule has 0 saturated heterocycles. The molecule has 1 unspecified atom stereocenters. The van der Waals surface area contributed by atoms with Crippen LogP contribution in [0.3, 0.4) is 0 Å². The first-order valence-corrected chi connectivity index (χ1v) is 18.9. The number of rotatable bonds is 12. The van der Waals surface area contributed by atoms with Crippen molar-refractivity contribution >= 4 is 63.6 Å². The van der Waals surface area contributed by atoms with Gasteiger partial charge in [0.25, 0.3) is 11.8 Å². The number of ether oxygens (including phenoxy) is 1. The zero-order chi connectivity index (χ0) is 36.5. The van der Waals surface area contributed by atoms with Crippen LogP contribution in [0, 0.1) is 6.92 Å². The van der Waals surface area contributed by atoms with Crippen molar-refractivity contribution in [3.63, 3.8) is 0 Å². The normalized spacial score (nSPS) is 13.0. The Labute approximate surface area is 311 Å². The van der Waals surface area contributed by atoms with Crippen molar-refractivity contribution in [1.82, 2.24) is 5.32 Å². The van der Waals surface area contributed by atoms with E-state index in [0.29, 0.717) is 21.8 Å². The Morgan fingerprint density at radius 3 is 2.33 bits per heavy atom. The van der Waals surface area contributed by atoms with Gasteiger partial charge in [-0.05, 0) is 92.6 Å². The van der Waals surface area contributed by atoms with Crippen molar-refractivity contribution in [1.29, 1.82) is 0 Å². The van der Waals surface area contributed by atoms with E-state index in [4.69, 9.17) is 4.74 Å². The maximum absolute atomic E-state index is 14.1. The van der Waals surface area contributed by atoms with Gasteiger partial charge in [-0.2, -0.15) is 0 Å². The average Bonchev–Trinajstić information content (AvgIpc) is 3.52. The van der Waals surface area contributed by atoms with E-state index in [0.717, 1.165) is 57.7 Å². The van der Waals surface area contributed by atoms with Gasteiger partial charge in [0.05, 0.1) is 12.2 Å². The Morgan fingerprint density at radius 2 is 1.58 bits per heavy atom. The first-order chi connectivity index (χ1) is 25.3. The minimum Gasteiger partial charge on any atom is -0.462 e. The quantitative estimate of drug-likeness (QED) is 0.0672. The SMILES string of the molecule is CCOC(=O)c1c(NC(=O)C(Sc2cccc(NC(=O)/C(=C\c3cccc(C)c3)NC(=O)c3ccccc3)c2)c2ccccc2)sc2c1CCCC2. The number of carbonyl (C=O) groups is 4. The van der Waals surface area contributed by atoms with Gasteiger partial charge in [-0.3, -0.25) is 14.4 Å². The van der Waals surface area contributed by atoms with Crippen LogP contribution in [0.2, 0.25) is 0 Å². The van der Waals surface area contributed by atoms with E-state index in [1.807, 2.05) is 73.7 Å². The Balaban J connectivity index is 1.25. The first kappa shape index (κ1) is 36.3. The fraction of sp³-hybridized carbons (Fsp3) is 0.190. The third kappa shape index (κ3) is 9.06. The second-order valence-corrected chi connectivity index (χ2v) is 14.6. The third-order valence-corrected chi connectivity index (χ3v) is 10.9. The summed E-state index contributed by atoms with van der Waals surface area (Å²) in [4.78, 5) is 56.0. The number of nitrogens with one attached hydrogen (secondary N) is 3. The molecule has 1 heterocycles. The zero-order valence-corrected chi connectivity index (χ0v) is 30.6. The van der Waals surface area contributed by atoms with Crippen molar-refractivity contribution in [3.8, 4) is 0 Å². The van der Waals surface area contributed by atoms with Gasteiger partial charge >= 0.3 is 5.97 Å². The van der Waals surface area contributed by atoms with E-state index < -0.39 is 23.0 Å².